The summed E-state index contributed by atoms with van der Waals surface area (Å²) in [5.74, 6) is -0.467. The Morgan fingerprint density at radius 1 is 1.27 bits per heavy atom. The fraction of sp³-hybridized carbons (Fsp3) is 0.538. The number of alkyl halides is 3. The van der Waals surface area contributed by atoms with Gasteiger partial charge in [-0.15, -0.1) is 5.10 Å². The van der Waals surface area contributed by atoms with Gasteiger partial charge in [0.15, 0.2) is 5.82 Å². The Balaban J connectivity index is 2.10. The van der Waals surface area contributed by atoms with Crippen molar-refractivity contribution >= 4 is 0 Å². The summed E-state index contributed by atoms with van der Waals surface area (Å²) in [6, 6.07) is 1.48. The van der Waals surface area contributed by atoms with E-state index in [0.717, 1.165) is 0 Å². The van der Waals surface area contributed by atoms with Crippen molar-refractivity contribution in [3.05, 3.63) is 29.2 Å². The highest BCUT2D eigenvalue weighted by Gasteiger charge is 2.42. The van der Waals surface area contributed by atoms with E-state index in [9.17, 15) is 13.2 Å². The maximum atomic E-state index is 13.0. The van der Waals surface area contributed by atoms with Crippen LogP contribution in [0.5, 0.6) is 0 Å². The van der Waals surface area contributed by atoms with Crippen molar-refractivity contribution in [2.24, 2.45) is 5.92 Å². The number of aliphatic hydroxyl groups is 1. The number of hydrogen-bond acceptors (Lipinski definition) is 5. The second-order valence-corrected chi connectivity index (χ2v) is 5.38. The van der Waals surface area contributed by atoms with Crippen LogP contribution in [0.2, 0.25) is 0 Å². The molecule has 0 aliphatic heterocycles. The van der Waals surface area contributed by atoms with Gasteiger partial charge in [-0.05, 0) is 26.2 Å². The van der Waals surface area contributed by atoms with E-state index in [-0.39, 0.29) is 30.0 Å². The lowest BCUT2D eigenvalue weighted by Crippen LogP contribution is -2.16. The predicted molar refractivity (Wildman–Crippen MR) is 69.4 cm³/mol. The third kappa shape index (κ3) is 2.68. The Hall–Kier alpha value is -2.03. The van der Waals surface area contributed by atoms with Crippen molar-refractivity contribution in [1.29, 1.82) is 0 Å². The average Bonchev–Trinajstić information content (AvgIpc) is 3.15. The highest BCUT2D eigenvalue weighted by Crippen LogP contribution is 2.46. The predicted octanol–water partition coefficient (Wildman–Crippen LogP) is 1.79. The van der Waals surface area contributed by atoms with Crippen molar-refractivity contribution in [1.82, 2.24) is 24.7 Å². The lowest BCUT2D eigenvalue weighted by atomic mass is 10.2. The van der Waals surface area contributed by atoms with E-state index in [4.69, 9.17) is 5.11 Å². The Labute approximate surface area is 124 Å². The van der Waals surface area contributed by atoms with Gasteiger partial charge in [-0.2, -0.15) is 17.9 Å². The molecule has 1 saturated carbocycles. The molecule has 1 N–H and O–H groups in total. The van der Waals surface area contributed by atoms with Crippen LogP contribution < -0.4 is 0 Å². The molecule has 2 aromatic rings. The maximum absolute atomic E-state index is 13.0. The SMILES string of the molecule is Cc1nc(C)n(-c2cc([C@H]3C[C@@H]3CO)nc(C(F)(F)F)n2)n1. The molecular formula is C13H14F3N5O. The largest absolute Gasteiger partial charge is 0.451 e. The number of aryl methyl sites for hydroxylation is 2. The first kappa shape index (κ1) is 14.9. The highest BCUT2D eigenvalue weighted by atomic mass is 19.4. The molecule has 2 atom stereocenters. The fourth-order valence-electron chi connectivity index (χ4n) is 2.43. The van der Waals surface area contributed by atoms with Gasteiger partial charge in [0.05, 0.1) is 5.69 Å². The Morgan fingerprint density at radius 2 is 2.00 bits per heavy atom. The molecule has 0 spiro atoms. The van der Waals surface area contributed by atoms with E-state index in [2.05, 4.69) is 20.1 Å². The van der Waals surface area contributed by atoms with Gasteiger partial charge in [0.2, 0.25) is 5.82 Å². The van der Waals surface area contributed by atoms with E-state index < -0.39 is 12.0 Å². The standard InChI is InChI=1S/C13H14F3N5O/c1-6-17-7(2)21(20-6)11-4-10(9-3-8(9)5-22)18-12(19-11)13(14,15)16/h4,8-9,22H,3,5H2,1-2H3/t8-,9+/m1/s1. The molecule has 0 radical (unpaired) electrons. The van der Waals surface area contributed by atoms with Crippen molar-refractivity contribution in [3.63, 3.8) is 0 Å². The van der Waals surface area contributed by atoms with Gasteiger partial charge in [0, 0.05) is 18.6 Å². The van der Waals surface area contributed by atoms with Crippen molar-refractivity contribution in [3.8, 4) is 5.82 Å². The van der Waals surface area contributed by atoms with E-state index in [0.29, 0.717) is 18.1 Å². The third-order valence-electron chi connectivity index (χ3n) is 3.61. The summed E-state index contributed by atoms with van der Waals surface area (Å²) < 4.78 is 40.3. The zero-order valence-electron chi connectivity index (χ0n) is 12.0. The Morgan fingerprint density at radius 3 is 2.50 bits per heavy atom. The third-order valence-corrected chi connectivity index (χ3v) is 3.61. The van der Waals surface area contributed by atoms with Gasteiger partial charge in [-0.25, -0.2) is 15.0 Å². The van der Waals surface area contributed by atoms with Crippen molar-refractivity contribution in [2.45, 2.75) is 32.4 Å². The molecule has 2 aromatic heterocycles. The minimum absolute atomic E-state index is 0.0394. The first-order valence-electron chi connectivity index (χ1n) is 6.77. The summed E-state index contributed by atoms with van der Waals surface area (Å²) in [6.07, 6.45) is -4.02. The molecule has 9 heteroatoms. The lowest BCUT2D eigenvalue weighted by molar-refractivity contribution is -0.145. The van der Waals surface area contributed by atoms with Gasteiger partial charge in [-0.1, -0.05) is 0 Å². The minimum atomic E-state index is -4.64. The molecule has 0 aromatic carbocycles. The quantitative estimate of drug-likeness (QED) is 0.935. The summed E-state index contributed by atoms with van der Waals surface area (Å²) in [4.78, 5) is 11.3. The molecule has 3 rings (SSSR count). The number of aromatic nitrogens is 5. The monoisotopic (exact) mass is 313 g/mol. The second-order valence-electron chi connectivity index (χ2n) is 5.38. The van der Waals surface area contributed by atoms with E-state index in [1.165, 1.54) is 10.7 Å². The zero-order chi connectivity index (χ0) is 16.1. The molecule has 22 heavy (non-hydrogen) atoms. The molecule has 6 nitrogen and oxygen atoms in total. The summed E-state index contributed by atoms with van der Waals surface area (Å²) in [7, 11) is 0. The summed E-state index contributed by atoms with van der Waals surface area (Å²) in [5.41, 5.74) is 0.281. The number of halogens is 3. The smallest absolute Gasteiger partial charge is 0.396 e. The molecule has 2 heterocycles. The summed E-state index contributed by atoms with van der Waals surface area (Å²) in [5, 5.41) is 13.2. The Bertz CT molecular complexity index is 712. The van der Waals surface area contributed by atoms with Gasteiger partial charge in [0.25, 0.3) is 0 Å². The van der Waals surface area contributed by atoms with Crippen LogP contribution in [0.1, 0.15) is 35.5 Å². The lowest BCUT2D eigenvalue weighted by Gasteiger charge is -2.10. The minimum Gasteiger partial charge on any atom is -0.396 e. The number of rotatable bonds is 3. The maximum Gasteiger partial charge on any atom is 0.451 e. The number of nitrogens with zero attached hydrogens (tertiary/aromatic N) is 5. The summed E-state index contributed by atoms with van der Waals surface area (Å²) in [6.45, 7) is 3.23. The highest BCUT2D eigenvalue weighted by molar-refractivity contribution is 5.30. The van der Waals surface area contributed by atoms with Gasteiger partial charge < -0.3 is 5.11 Å². The molecule has 0 amide bonds. The zero-order valence-corrected chi connectivity index (χ0v) is 12.0. The molecule has 1 fully saturated rings. The summed E-state index contributed by atoms with van der Waals surface area (Å²) >= 11 is 0. The molecule has 0 bridgehead atoms. The molecule has 1 aliphatic carbocycles. The number of hydrogen-bond donors (Lipinski definition) is 1. The molecule has 1 aliphatic rings. The Kier molecular flexibility index (Phi) is 3.39. The number of aliphatic hydroxyl groups excluding tert-OH is 1. The van der Waals surface area contributed by atoms with Crippen molar-refractivity contribution < 1.29 is 18.3 Å². The van der Waals surface area contributed by atoms with E-state index >= 15 is 0 Å². The molecule has 0 unspecified atom stereocenters. The van der Waals surface area contributed by atoms with E-state index in [1.807, 2.05) is 0 Å². The van der Waals surface area contributed by atoms with Crippen LogP contribution in [0.25, 0.3) is 5.82 Å². The fourth-order valence-corrected chi connectivity index (χ4v) is 2.43. The van der Waals surface area contributed by atoms with Crippen LogP contribution >= 0.6 is 0 Å². The van der Waals surface area contributed by atoms with Crippen LogP contribution in [0, 0.1) is 19.8 Å². The molecular weight excluding hydrogens is 299 g/mol. The van der Waals surface area contributed by atoms with Gasteiger partial charge in [0.1, 0.15) is 11.6 Å². The first-order chi connectivity index (χ1) is 10.3. The topological polar surface area (TPSA) is 76.7 Å². The van der Waals surface area contributed by atoms with Crippen LogP contribution in [0.3, 0.4) is 0 Å². The second kappa shape index (κ2) is 5.01. The normalized spacial score (nSPS) is 21.2. The molecule has 0 saturated heterocycles. The van der Waals surface area contributed by atoms with E-state index in [1.54, 1.807) is 13.8 Å². The van der Waals surface area contributed by atoms with Crippen LogP contribution in [0.15, 0.2) is 6.07 Å². The van der Waals surface area contributed by atoms with Crippen LogP contribution in [-0.2, 0) is 6.18 Å². The molecule has 118 valence electrons. The van der Waals surface area contributed by atoms with Crippen LogP contribution in [-0.4, -0.2) is 36.4 Å². The van der Waals surface area contributed by atoms with Crippen molar-refractivity contribution in [2.75, 3.05) is 6.61 Å². The first-order valence-corrected chi connectivity index (χ1v) is 6.77. The van der Waals surface area contributed by atoms with Gasteiger partial charge in [-0.3, -0.25) is 0 Å². The van der Waals surface area contributed by atoms with Gasteiger partial charge >= 0.3 is 6.18 Å². The average molecular weight is 313 g/mol. The van der Waals surface area contributed by atoms with Crippen LogP contribution in [0.4, 0.5) is 13.2 Å².